The number of benzene rings is 1. The van der Waals surface area contributed by atoms with Crippen molar-refractivity contribution >= 4 is 10.8 Å². The second-order valence-corrected chi connectivity index (χ2v) is 5.22. The Kier molecular flexibility index (Phi) is 3.64. The minimum Gasteiger partial charge on any atom is -0.384 e. The smallest absolute Gasteiger partial charge is 0.101 e. The molecule has 1 heterocycles. The Morgan fingerprint density at radius 2 is 2.00 bits per heavy atom. The fraction of sp³-hybridized carbons (Fsp3) is 0.400. The van der Waals surface area contributed by atoms with Crippen molar-refractivity contribution < 1.29 is 5.11 Å². The van der Waals surface area contributed by atoms with Crippen LogP contribution < -0.4 is 5.32 Å². The molecule has 0 spiro atoms. The molecular weight excluding hydrogens is 224 g/mol. The van der Waals surface area contributed by atoms with Crippen LogP contribution in [-0.2, 0) is 5.60 Å². The van der Waals surface area contributed by atoms with E-state index in [-0.39, 0.29) is 0 Å². The molecule has 0 aliphatic carbocycles. The van der Waals surface area contributed by atoms with Gasteiger partial charge < -0.3 is 10.4 Å². The lowest BCUT2D eigenvalue weighted by molar-refractivity contribution is 0.0561. The average Bonchev–Trinajstić information content (AvgIpc) is 2.36. The molecule has 1 atom stereocenters. The Hall–Kier alpha value is -1.45. The van der Waals surface area contributed by atoms with E-state index in [0.717, 1.165) is 16.3 Å². The van der Waals surface area contributed by atoms with Crippen molar-refractivity contribution in [1.29, 1.82) is 0 Å². The van der Waals surface area contributed by atoms with Crippen molar-refractivity contribution in [1.82, 2.24) is 10.3 Å². The summed E-state index contributed by atoms with van der Waals surface area (Å²) < 4.78 is 0. The largest absolute Gasteiger partial charge is 0.384 e. The topological polar surface area (TPSA) is 45.1 Å². The summed E-state index contributed by atoms with van der Waals surface area (Å²) in [6, 6.07) is 8.35. The molecule has 0 fully saturated rings. The van der Waals surface area contributed by atoms with Gasteiger partial charge in [-0.05, 0) is 12.3 Å². The molecule has 18 heavy (non-hydrogen) atoms. The number of hydrogen-bond acceptors (Lipinski definition) is 3. The molecule has 0 aliphatic heterocycles. The molecule has 0 aliphatic rings. The first-order chi connectivity index (χ1) is 8.50. The lowest BCUT2D eigenvalue weighted by Crippen LogP contribution is -2.38. The second kappa shape index (κ2) is 5.04. The Labute approximate surface area is 108 Å². The number of nitrogens with zero attached hydrogens (tertiary/aromatic N) is 1. The van der Waals surface area contributed by atoms with Gasteiger partial charge in [0.05, 0.1) is 0 Å². The molecule has 0 saturated carbocycles. The summed E-state index contributed by atoms with van der Waals surface area (Å²) in [5.74, 6) is 0. The van der Waals surface area contributed by atoms with Crippen LogP contribution in [0.15, 0.2) is 36.7 Å². The van der Waals surface area contributed by atoms with E-state index in [9.17, 15) is 5.11 Å². The maximum atomic E-state index is 10.6. The average molecular weight is 244 g/mol. The van der Waals surface area contributed by atoms with Crippen molar-refractivity contribution in [2.75, 3.05) is 6.54 Å². The monoisotopic (exact) mass is 244 g/mol. The van der Waals surface area contributed by atoms with Crippen molar-refractivity contribution in [2.45, 2.75) is 32.4 Å². The Morgan fingerprint density at radius 3 is 2.72 bits per heavy atom. The molecular formula is C15H20N2O. The Balaban J connectivity index is 2.40. The summed E-state index contributed by atoms with van der Waals surface area (Å²) in [5, 5.41) is 16.0. The first-order valence-corrected chi connectivity index (χ1v) is 6.30. The van der Waals surface area contributed by atoms with Gasteiger partial charge >= 0.3 is 0 Å². The molecule has 0 bridgehead atoms. The third-order valence-corrected chi connectivity index (χ3v) is 3.10. The van der Waals surface area contributed by atoms with Gasteiger partial charge in [-0.3, -0.25) is 4.98 Å². The van der Waals surface area contributed by atoms with Gasteiger partial charge in [0.1, 0.15) is 5.60 Å². The molecule has 1 unspecified atom stereocenters. The van der Waals surface area contributed by atoms with E-state index in [1.54, 1.807) is 6.20 Å². The van der Waals surface area contributed by atoms with Crippen molar-refractivity contribution in [2.24, 2.45) is 0 Å². The number of pyridine rings is 1. The predicted octanol–water partition coefficient (Wildman–Crippen LogP) is 2.44. The first-order valence-electron chi connectivity index (χ1n) is 6.30. The molecule has 3 heteroatoms. The maximum absolute atomic E-state index is 10.6. The molecule has 0 saturated heterocycles. The number of aromatic nitrogens is 1. The standard InChI is InChI=1S/C15H20N2O/c1-11(2)17-10-15(3,18)14-9-16-8-12-6-4-5-7-13(12)14/h4-9,11,17-18H,10H2,1-3H3. The number of nitrogens with one attached hydrogen (secondary N) is 1. The van der Waals surface area contributed by atoms with E-state index in [2.05, 4.69) is 24.1 Å². The SMILES string of the molecule is CC(C)NCC(C)(O)c1cncc2ccccc12. The van der Waals surface area contributed by atoms with Crippen LogP contribution >= 0.6 is 0 Å². The zero-order valence-corrected chi connectivity index (χ0v) is 11.1. The summed E-state index contributed by atoms with van der Waals surface area (Å²) in [6.45, 7) is 6.47. The highest BCUT2D eigenvalue weighted by molar-refractivity contribution is 5.85. The van der Waals surface area contributed by atoms with Crippen LogP contribution in [0, 0.1) is 0 Å². The summed E-state index contributed by atoms with van der Waals surface area (Å²) in [7, 11) is 0. The summed E-state index contributed by atoms with van der Waals surface area (Å²) in [5.41, 5.74) is -0.0493. The third-order valence-electron chi connectivity index (χ3n) is 3.10. The minimum absolute atomic E-state index is 0.347. The fourth-order valence-corrected chi connectivity index (χ4v) is 2.04. The highest BCUT2D eigenvalue weighted by Crippen LogP contribution is 2.27. The minimum atomic E-state index is -0.919. The van der Waals surface area contributed by atoms with Crippen LogP contribution in [0.25, 0.3) is 10.8 Å². The van der Waals surface area contributed by atoms with E-state index in [4.69, 9.17) is 0 Å². The highest BCUT2D eigenvalue weighted by Gasteiger charge is 2.25. The lowest BCUT2D eigenvalue weighted by atomic mass is 9.92. The van der Waals surface area contributed by atoms with Crippen LogP contribution in [0.3, 0.4) is 0 Å². The maximum Gasteiger partial charge on any atom is 0.101 e. The van der Waals surface area contributed by atoms with Gasteiger partial charge in [0, 0.05) is 35.9 Å². The molecule has 1 aromatic heterocycles. The number of rotatable bonds is 4. The van der Waals surface area contributed by atoms with Crippen molar-refractivity contribution in [3.05, 3.63) is 42.2 Å². The van der Waals surface area contributed by atoms with E-state index < -0.39 is 5.60 Å². The van der Waals surface area contributed by atoms with Crippen LogP contribution in [-0.4, -0.2) is 22.7 Å². The van der Waals surface area contributed by atoms with Crippen LogP contribution in [0.2, 0.25) is 0 Å². The third kappa shape index (κ3) is 2.68. The number of fused-ring (bicyclic) bond motifs is 1. The Bertz CT molecular complexity index is 530. The van der Waals surface area contributed by atoms with Gasteiger partial charge in [0.25, 0.3) is 0 Å². The van der Waals surface area contributed by atoms with E-state index >= 15 is 0 Å². The molecule has 0 amide bonds. The lowest BCUT2D eigenvalue weighted by Gasteiger charge is -2.26. The quantitative estimate of drug-likeness (QED) is 0.868. The molecule has 96 valence electrons. The van der Waals surface area contributed by atoms with Gasteiger partial charge in [-0.15, -0.1) is 0 Å². The molecule has 2 rings (SSSR count). The molecule has 0 radical (unpaired) electrons. The fourth-order valence-electron chi connectivity index (χ4n) is 2.04. The van der Waals surface area contributed by atoms with Gasteiger partial charge in [-0.1, -0.05) is 38.1 Å². The van der Waals surface area contributed by atoms with Crippen LogP contribution in [0.4, 0.5) is 0 Å². The zero-order chi connectivity index (χ0) is 13.2. The summed E-state index contributed by atoms with van der Waals surface area (Å²) in [6.07, 6.45) is 3.58. The van der Waals surface area contributed by atoms with Gasteiger partial charge in [0.15, 0.2) is 0 Å². The molecule has 3 nitrogen and oxygen atoms in total. The predicted molar refractivity (Wildman–Crippen MR) is 74.5 cm³/mol. The molecule has 1 aromatic carbocycles. The second-order valence-electron chi connectivity index (χ2n) is 5.22. The van der Waals surface area contributed by atoms with E-state index in [1.165, 1.54) is 0 Å². The van der Waals surface area contributed by atoms with Crippen molar-refractivity contribution in [3.63, 3.8) is 0 Å². The summed E-state index contributed by atoms with van der Waals surface area (Å²) in [4.78, 5) is 4.22. The Morgan fingerprint density at radius 1 is 1.28 bits per heavy atom. The van der Waals surface area contributed by atoms with E-state index in [1.807, 2.05) is 37.4 Å². The van der Waals surface area contributed by atoms with Crippen LogP contribution in [0.5, 0.6) is 0 Å². The zero-order valence-electron chi connectivity index (χ0n) is 11.1. The number of hydrogen-bond donors (Lipinski definition) is 2. The number of aliphatic hydroxyl groups is 1. The van der Waals surface area contributed by atoms with Crippen LogP contribution in [0.1, 0.15) is 26.3 Å². The molecule has 2 N–H and O–H groups in total. The first kappa shape index (κ1) is 13.0. The normalized spacial score (nSPS) is 14.9. The van der Waals surface area contributed by atoms with Gasteiger partial charge in [-0.25, -0.2) is 0 Å². The van der Waals surface area contributed by atoms with Gasteiger partial charge in [-0.2, -0.15) is 0 Å². The van der Waals surface area contributed by atoms with E-state index in [0.29, 0.717) is 12.6 Å². The van der Waals surface area contributed by atoms with Gasteiger partial charge in [0.2, 0.25) is 0 Å². The summed E-state index contributed by atoms with van der Waals surface area (Å²) >= 11 is 0. The molecule has 2 aromatic rings. The highest BCUT2D eigenvalue weighted by atomic mass is 16.3. The van der Waals surface area contributed by atoms with Crippen molar-refractivity contribution in [3.8, 4) is 0 Å².